The number of anilines is 1. The number of morpholine rings is 1. The van der Waals surface area contributed by atoms with Crippen LogP contribution in [-0.2, 0) is 4.74 Å². The Labute approximate surface area is 123 Å². The standard InChI is InChI=1S/C16H16N4O/c1-12-4-2-3-5-13(12)15-11-20(8-9-21-15)16-14(10-17)18-6-7-19-16/h2-7,15H,8-9,11H2,1H3. The first-order valence-corrected chi connectivity index (χ1v) is 6.93. The summed E-state index contributed by atoms with van der Waals surface area (Å²) in [4.78, 5) is 10.5. The van der Waals surface area contributed by atoms with Crippen molar-refractivity contribution in [2.24, 2.45) is 0 Å². The Morgan fingerprint density at radius 1 is 1.29 bits per heavy atom. The van der Waals surface area contributed by atoms with Gasteiger partial charge in [-0.3, -0.25) is 0 Å². The lowest BCUT2D eigenvalue weighted by Crippen LogP contribution is -2.39. The zero-order chi connectivity index (χ0) is 14.7. The van der Waals surface area contributed by atoms with Crippen LogP contribution in [0.5, 0.6) is 0 Å². The molecule has 5 nitrogen and oxygen atoms in total. The molecule has 1 aliphatic heterocycles. The van der Waals surface area contributed by atoms with Crippen LogP contribution >= 0.6 is 0 Å². The SMILES string of the molecule is Cc1ccccc1C1CN(c2nccnc2C#N)CCO1. The van der Waals surface area contributed by atoms with E-state index in [1.807, 2.05) is 12.1 Å². The Morgan fingerprint density at radius 3 is 2.90 bits per heavy atom. The largest absolute Gasteiger partial charge is 0.370 e. The highest BCUT2D eigenvalue weighted by atomic mass is 16.5. The first kappa shape index (κ1) is 13.5. The van der Waals surface area contributed by atoms with E-state index < -0.39 is 0 Å². The number of ether oxygens (including phenoxy) is 1. The van der Waals surface area contributed by atoms with Gasteiger partial charge in [-0.25, -0.2) is 9.97 Å². The quantitative estimate of drug-likeness (QED) is 0.844. The lowest BCUT2D eigenvalue weighted by Gasteiger charge is -2.34. The number of hydrogen-bond donors (Lipinski definition) is 0. The number of rotatable bonds is 2. The van der Waals surface area contributed by atoms with Crippen LogP contribution in [0.4, 0.5) is 5.82 Å². The first-order chi connectivity index (χ1) is 10.3. The van der Waals surface area contributed by atoms with Crippen molar-refractivity contribution in [3.8, 4) is 6.07 Å². The first-order valence-electron chi connectivity index (χ1n) is 6.93. The molecule has 2 aromatic rings. The van der Waals surface area contributed by atoms with Gasteiger partial charge in [-0.05, 0) is 18.1 Å². The molecule has 0 amide bonds. The summed E-state index contributed by atoms with van der Waals surface area (Å²) in [5.41, 5.74) is 2.76. The second-order valence-corrected chi connectivity index (χ2v) is 5.00. The fourth-order valence-corrected chi connectivity index (χ4v) is 2.62. The summed E-state index contributed by atoms with van der Waals surface area (Å²) in [7, 11) is 0. The lowest BCUT2D eigenvalue weighted by atomic mass is 10.0. The van der Waals surface area contributed by atoms with Crippen molar-refractivity contribution < 1.29 is 4.74 Å². The summed E-state index contributed by atoms with van der Waals surface area (Å²) >= 11 is 0. The molecule has 1 aromatic heterocycles. The third-order valence-electron chi connectivity index (χ3n) is 3.69. The van der Waals surface area contributed by atoms with Crippen LogP contribution < -0.4 is 4.90 Å². The van der Waals surface area contributed by atoms with E-state index in [0.717, 1.165) is 6.54 Å². The summed E-state index contributed by atoms with van der Waals surface area (Å²) in [6.07, 6.45) is 3.16. The minimum Gasteiger partial charge on any atom is -0.370 e. The third kappa shape index (κ3) is 2.71. The summed E-state index contributed by atoms with van der Waals surface area (Å²) in [5.74, 6) is 0.641. The number of aromatic nitrogens is 2. The maximum Gasteiger partial charge on any atom is 0.183 e. The smallest absolute Gasteiger partial charge is 0.183 e. The van der Waals surface area contributed by atoms with Crippen LogP contribution in [0, 0.1) is 18.3 Å². The number of nitriles is 1. The Balaban J connectivity index is 1.87. The molecule has 0 saturated carbocycles. The molecule has 0 radical (unpaired) electrons. The van der Waals surface area contributed by atoms with Gasteiger partial charge < -0.3 is 9.64 Å². The van der Waals surface area contributed by atoms with Crippen molar-refractivity contribution >= 4 is 5.82 Å². The molecule has 1 fully saturated rings. The molecule has 1 atom stereocenters. The third-order valence-corrected chi connectivity index (χ3v) is 3.69. The Kier molecular flexibility index (Phi) is 3.80. The van der Waals surface area contributed by atoms with Crippen molar-refractivity contribution in [1.82, 2.24) is 9.97 Å². The van der Waals surface area contributed by atoms with Gasteiger partial charge in [-0.2, -0.15) is 5.26 Å². The summed E-state index contributed by atoms with van der Waals surface area (Å²) in [5, 5.41) is 9.17. The van der Waals surface area contributed by atoms with E-state index in [0.29, 0.717) is 24.7 Å². The molecule has 1 aliphatic rings. The second kappa shape index (κ2) is 5.90. The number of hydrogen-bond acceptors (Lipinski definition) is 5. The van der Waals surface area contributed by atoms with E-state index in [4.69, 9.17) is 10.00 Å². The van der Waals surface area contributed by atoms with Gasteiger partial charge in [0.25, 0.3) is 0 Å². The van der Waals surface area contributed by atoms with Crippen LogP contribution in [0.15, 0.2) is 36.7 Å². The summed E-state index contributed by atoms with van der Waals surface area (Å²) < 4.78 is 5.90. The number of aryl methyl sites for hydroxylation is 1. The highest BCUT2D eigenvalue weighted by Gasteiger charge is 2.25. The van der Waals surface area contributed by atoms with Crippen LogP contribution in [0.25, 0.3) is 0 Å². The van der Waals surface area contributed by atoms with Gasteiger partial charge in [-0.1, -0.05) is 24.3 Å². The average Bonchev–Trinajstić information content (AvgIpc) is 2.55. The van der Waals surface area contributed by atoms with Crippen molar-refractivity contribution in [2.75, 3.05) is 24.6 Å². The van der Waals surface area contributed by atoms with E-state index in [2.05, 4.69) is 40.0 Å². The lowest BCUT2D eigenvalue weighted by molar-refractivity contribution is 0.0391. The predicted octanol–water partition coefficient (Wildman–Crippen LogP) is 2.23. The molecule has 1 aromatic carbocycles. The zero-order valence-electron chi connectivity index (χ0n) is 11.9. The Hall–Kier alpha value is -2.45. The van der Waals surface area contributed by atoms with Crippen molar-refractivity contribution in [1.29, 1.82) is 5.26 Å². The minimum atomic E-state index is -0.00602. The van der Waals surface area contributed by atoms with Crippen LogP contribution in [0.3, 0.4) is 0 Å². The maximum absolute atomic E-state index is 9.17. The molecular weight excluding hydrogens is 264 g/mol. The molecule has 3 rings (SSSR count). The zero-order valence-corrected chi connectivity index (χ0v) is 11.9. The fourth-order valence-electron chi connectivity index (χ4n) is 2.62. The number of nitrogens with zero attached hydrogens (tertiary/aromatic N) is 4. The predicted molar refractivity (Wildman–Crippen MR) is 78.8 cm³/mol. The average molecular weight is 280 g/mol. The van der Waals surface area contributed by atoms with Gasteiger partial charge in [0.05, 0.1) is 6.61 Å². The number of benzene rings is 1. The Morgan fingerprint density at radius 2 is 2.10 bits per heavy atom. The molecule has 21 heavy (non-hydrogen) atoms. The van der Waals surface area contributed by atoms with E-state index in [-0.39, 0.29) is 6.10 Å². The van der Waals surface area contributed by atoms with Gasteiger partial charge in [0, 0.05) is 25.5 Å². The van der Waals surface area contributed by atoms with Gasteiger partial charge in [0.1, 0.15) is 12.2 Å². The minimum absolute atomic E-state index is 0.00602. The van der Waals surface area contributed by atoms with Gasteiger partial charge in [-0.15, -0.1) is 0 Å². The van der Waals surface area contributed by atoms with Gasteiger partial charge in [0.15, 0.2) is 11.5 Å². The van der Waals surface area contributed by atoms with E-state index >= 15 is 0 Å². The monoisotopic (exact) mass is 280 g/mol. The molecule has 106 valence electrons. The van der Waals surface area contributed by atoms with Gasteiger partial charge in [0.2, 0.25) is 0 Å². The molecule has 2 heterocycles. The summed E-state index contributed by atoms with van der Waals surface area (Å²) in [6, 6.07) is 10.3. The normalized spacial score (nSPS) is 18.3. The molecule has 5 heteroatoms. The topological polar surface area (TPSA) is 62.0 Å². The highest BCUT2D eigenvalue weighted by molar-refractivity contribution is 5.50. The van der Waals surface area contributed by atoms with Crippen molar-refractivity contribution in [2.45, 2.75) is 13.0 Å². The second-order valence-electron chi connectivity index (χ2n) is 5.00. The van der Waals surface area contributed by atoms with E-state index in [1.54, 1.807) is 12.4 Å². The molecular formula is C16H16N4O. The molecule has 0 aliphatic carbocycles. The molecule has 0 N–H and O–H groups in total. The van der Waals surface area contributed by atoms with Crippen molar-refractivity contribution in [3.63, 3.8) is 0 Å². The molecule has 1 unspecified atom stereocenters. The van der Waals surface area contributed by atoms with Crippen LogP contribution in [0.1, 0.15) is 22.9 Å². The fraction of sp³-hybridized carbons (Fsp3) is 0.312. The molecule has 0 spiro atoms. The van der Waals surface area contributed by atoms with Crippen molar-refractivity contribution in [3.05, 3.63) is 53.5 Å². The Bertz CT molecular complexity index is 680. The molecule has 0 bridgehead atoms. The highest BCUT2D eigenvalue weighted by Crippen LogP contribution is 2.27. The maximum atomic E-state index is 9.17. The van der Waals surface area contributed by atoms with Crippen LogP contribution in [-0.4, -0.2) is 29.7 Å². The van der Waals surface area contributed by atoms with Crippen LogP contribution in [0.2, 0.25) is 0 Å². The van der Waals surface area contributed by atoms with E-state index in [9.17, 15) is 0 Å². The summed E-state index contributed by atoms with van der Waals surface area (Å²) in [6.45, 7) is 4.09. The molecule has 1 saturated heterocycles. The van der Waals surface area contributed by atoms with E-state index in [1.165, 1.54) is 11.1 Å². The van der Waals surface area contributed by atoms with Gasteiger partial charge >= 0.3 is 0 Å².